The van der Waals surface area contributed by atoms with Gasteiger partial charge in [0, 0.05) is 14.3 Å². The van der Waals surface area contributed by atoms with Gasteiger partial charge in [0.1, 0.15) is 0 Å². The third kappa shape index (κ3) is 2.15. The monoisotopic (exact) mass is 234 g/mol. The molecule has 1 heteroatoms. The molecule has 1 unspecified atom stereocenters. The first-order valence-electron chi connectivity index (χ1n) is 6.35. The summed E-state index contributed by atoms with van der Waals surface area (Å²) >= 11 is 0. The quantitative estimate of drug-likeness (QED) is 0.619. The molecule has 0 saturated heterocycles. The molecule has 1 rings (SSSR count). The summed E-state index contributed by atoms with van der Waals surface area (Å²) in [7, 11) is -0.335. The van der Waals surface area contributed by atoms with Crippen LogP contribution >= 0.6 is 0 Å². The minimum Gasteiger partial charge on any atom is -0.0629 e. The predicted molar refractivity (Wildman–Crippen MR) is 77.6 cm³/mol. The molecule has 0 bridgehead atoms. The Labute approximate surface area is 103 Å². The molecule has 0 heterocycles. The van der Waals surface area contributed by atoms with Crippen LogP contribution in [0.1, 0.15) is 41.5 Å². The second-order valence-corrected chi connectivity index (χ2v) is 8.18. The molecular weight excluding hydrogens is 208 g/mol. The molecule has 1 aliphatic carbocycles. The summed E-state index contributed by atoms with van der Waals surface area (Å²) < 4.78 is 0. The van der Waals surface area contributed by atoms with Crippen LogP contribution in [0.25, 0.3) is 0 Å². The molecule has 0 aliphatic heterocycles. The third-order valence-electron chi connectivity index (χ3n) is 4.05. The Balaban J connectivity index is 3.33. The van der Waals surface area contributed by atoms with E-state index in [4.69, 9.17) is 0 Å². The van der Waals surface area contributed by atoms with Crippen molar-refractivity contribution in [3.05, 3.63) is 22.3 Å². The number of hydrogen-bond donors (Lipinski definition) is 0. The predicted octanol–water partition coefficient (Wildman–Crippen LogP) is 4.45. The van der Waals surface area contributed by atoms with Crippen LogP contribution in [0.15, 0.2) is 22.3 Å². The highest BCUT2D eigenvalue weighted by atomic mass is 28.2. The zero-order valence-electron chi connectivity index (χ0n) is 12.2. The van der Waals surface area contributed by atoms with Gasteiger partial charge in [0.15, 0.2) is 0 Å². The molecule has 0 fully saturated rings. The molecule has 0 saturated carbocycles. The van der Waals surface area contributed by atoms with Crippen LogP contribution in [0.2, 0.25) is 13.1 Å². The molecule has 0 aromatic rings. The largest absolute Gasteiger partial charge is 0.0629 e. The van der Waals surface area contributed by atoms with E-state index in [0.29, 0.717) is 11.8 Å². The fraction of sp³-hybridized carbons (Fsp3) is 0.667. The van der Waals surface area contributed by atoms with E-state index in [1.807, 2.05) is 0 Å². The molecule has 1 aliphatic rings. The first-order valence-corrected chi connectivity index (χ1v) is 8.85. The Morgan fingerprint density at radius 3 is 1.81 bits per heavy atom. The Bertz CT molecular complexity index is 388. The van der Waals surface area contributed by atoms with E-state index >= 15 is 0 Å². The van der Waals surface area contributed by atoms with E-state index in [2.05, 4.69) is 54.6 Å². The summed E-state index contributed by atoms with van der Waals surface area (Å²) in [5.41, 5.74) is 6.33. The van der Waals surface area contributed by atoms with Gasteiger partial charge in [-0.1, -0.05) is 44.6 Å². The molecule has 0 N–H and O–H groups in total. The lowest BCUT2D eigenvalue weighted by Crippen LogP contribution is -2.23. The van der Waals surface area contributed by atoms with Crippen molar-refractivity contribution in [2.24, 2.45) is 11.8 Å². The van der Waals surface area contributed by atoms with Crippen LogP contribution < -0.4 is 0 Å². The standard InChI is InChI=1S/C15H26Si/c1-9(2)15(16(7)8)14-12(5)10(3)11(4)13(14)6/h9,12H,1-8H3. The lowest BCUT2D eigenvalue weighted by molar-refractivity contribution is 0.817. The lowest BCUT2D eigenvalue weighted by Gasteiger charge is -2.22. The van der Waals surface area contributed by atoms with E-state index in [1.54, 1.807) is 21.9 Å². The second-order valence-electron chi connectivity index (χ2n) is 5.64. The van der Waals surface area contributed by atoms with Crippen LogP contribution in [-0.4, -0.2) is 13.6 Å². The van der Waals surface area contributed by atoms with E-state index in [-0.39, 0.29) is 8.41 Å². The molecule has 0 aromatic carbocycles. The Morgan fingerprint density at radius 2 is 1.56 bits per heavy atom. The molecule has 1 atom stereocenters. The normalized spacial score (nSPS) is 21.2. The highest BCUT2D eigenvalue weighted by Crippen LogP contribution is 2.38. The fourth-order valence-electron chi connectivity index (χ4n) is 2.96. The van der Waals surface area contributed by atoms with Crippen molar-refractivity contribution in [2.45, 2.75) is 54.6 Å². The lowest BCUT2D eigenvalue weighted by atomic mass is 9.90. The first-order chi connectivity index (χ1) is 7.29. The van der Waals surface area contributed by atoms with Crippen LogP contribution in [-0.2, 0) is 0 Å². The molecular formula is C15H26Si. The van der Waals surface area contributed by atoms with Gasteiger partial charge in [-0.2, -0.15) is 0 Å². The van der Waals surface area contributed by atoms with Crippen molar-refractivity contribution < 1.29 is 0 Å². The maximum Gasteiger partial charge on any atom is 0.00821 e. The van der Waals surface area contributed by atoms with Crippen LogP contribution in [0.4, 0.5) is 0 Å². The Morgan fingerprint density at radius 1 is 1.06 bits per heavy atom. The minimum atomic E-state index is -0.335. The smallest absolute Gasteiger partial charge is 0.00821 e. The maximum absolute atomic E-state index is 2.43. The number of hydrogen-bond acceptors (Lipinski definition) is 0. The summed E-state index contributed by atoms with van der Waals surface area (Å²) in [4.78, 5) is 0. The molecule has 0 radical (unpaired) electrons. The molecule has 0 nitrogen and oxygen atoms in total. The van der Waals surface area contributed by atoms with Crippen molar-refractivity contribution >= 4 is 13.6 Å². The van der Waals surface area contributed by atoms with E-state index in [0.717, 1.165) is 0 Å². The van der Waals surface area contributed by atoms with Gasteiger partial charge in [-0.25, -0.2) is 0 Å². The van der Waals surface area contributed by atoms with Gasteiger partial charge < -0.3 is 0 Å². The molecule has 0 amide bonds. The van der Waals surface area contributed by atoms with Gasteiger partial charge >= 0.3 is 0 Å². The third-order valence-corrected chi connectivity index (χ3v) is 5.97. The second kappa shape index (κ2) is 4.83. The highest BCUT2D eigenvalue weighted by molar-refractivity contribution is 6.72. The average molecular weight is 234 g/mol. The van der Waals surface area contributed by atoms with Crippen LogP contribution in [0.5, 0.6) is 0 Å². The van der Waals surface area contributed by atoms with E-state index in [1.165, 1.54) is 5.57 Å². The summed E-state index contributed by atoms with van der Waals surface area (Å²) in [6, 6.07) is 0. The van der Waals surface area contributed by atoms with Gasteiger partial charge in [0.25, 0.3) is 0 Å². The maximum atomic E-state index is 2.43. The van der Waals surface area contributed by atoms with Crippen molar-refractivity contribution in [3.8, 4) is 0 Å². The van der Waals surface area contributed by atoms with Crippen LogP contribution in [0, 0.1) is 11.8 Å². The molecule has 0 aromatic heterocycles. The summed E-state index contributed by atoms with van der Waals surface area (Å²) in [5.74, 6) is 1.35. The average Bonchev–Trinajstić information content (AvgIpc) is 2.34. The van der Waals surface area contributed by atoms with Crippen molar-refractivity contribution in [1.29, 1.82) is 0 Å². The first kappa shape index (κ1) is 13.6. The summed E-state index contributed by atoms with van der Waals surface area (Å²) in [5, 5.41) is 1.76. The van der Waals surface area contributed by atoms with Gasteiger partial charge in [-0.3, -0.25) is 0 Å². The Kier molecular flexibility index (Phi) is 4.11. The van der Waals surface area contributed by atoms with Crippen molar-refractivity contribution in [2.75, 3.05) is 0 Å². The zero-order valence-corrected chi connectivity index (χ0v) is 13.2. The zero-order chi connectivity index (χ0) is 12.6. The van der Waals surface area contributed by atoms with Gasteiger partial charge in [-0.05, 0) is 43.4 Å². The van der Waals surface area contributed by atoms with Gasteiger partial charge in [0.2, 0.25) is 0 Å². The molecule has 16 heavy (non-hydrogen) atoms. The van der Waals surface area contributed by atoms with Crippen LogP contribution in [0.3, 0.4) is 0 Å². The highest BCUT2D eigenvalue weighted by Gasteiger charge is 2.27. The summed E-state index contributed by atoms with van der Waals surface area (Å²) in [6.45, 7) is 18.8. The Hall–Kier alpha value is -0.433. The fourth-order valence-corrected chi connectivity index (χ4v) is 5.05. The minimum absolute atomic E-state index is 0.335. The van der Waals surface area contributed by atoms with E-state index < -0.39 is 0 Å². The number of allylic oxidation sites excluding steroid dienone is 4. The van der Waals surface area contributed by atoms with Crippen molar-refractivity contribution in [1.82, 2.24) is 0 Å². The SMILES string of the molecule is CC1=C(C)C(C)C(C(C(C)C)=[Si](C)C)=C1C. The van der Waals surface area contributed by atoms with Crippen molar-refractivity contribution in [3.63, 3.8) is 0 Å². The topological polar surface area (TPSA) is 0 Å². The number of rotatable bonds is 2. The molecule has 0 spiro atoms. The van der Waals surface area contributed by atoms with E-state index in [9.17, 15) is 0 Å². The van der Waals surface area contributed by atoms with Gasteiger partial charge in [-0.15, -0.1) is 0 Å². The summed E-state index contributed by atoms with van der Waals surface area (Å²) in [6.07, 6.45) is 0. The molecule has 90 valence electrons. The van der Waals surface area contributed by atoms with Gasteiger partial charge in [0.05, 0.1) is 0 Å².